The van der Waals surface area contributed by atoms with Crippen molar-refractivity contribution in [2.24, 2.45) is 10.7 Å². The second-order valence-electron chi connectivity index (χ2n) is 3.19. The van der Waals surface area contributed by atoms with Gasteiger partial charge in [-0.3, -0.25) is 4.99 Å². The minimum absolute atomic E-state index is 0. The fourth-order valence-corrected chi connectivity index (χ4v) is 2.67. The van der Waals surface area contributed by atoms with Crippen molar-refractivity contribution in [2.75, 3.05) is 18.8 Å². The first-order chi connectivity index (χ1) is 7.83. The smallest absolute Gasteiger partial charge is 0.188 e. The maximum Gasteiger partial charge on any atom is 0.188 e. The fraction of sp³-hybridized carbons (Fsp3) is 0.600. The molecule has 0 atom stereocenters. The van der Waals surface area contributed by atoms with Crippen molar-refractivity contribution >= 4 is 53.0 Å². The molecule has 0 fully saturated rings. The summed E-state index contributed by atoms with van der Waals surface area (Å²) in [4.78, 5) is 8.36. The SMILES string of the molecule is CCCN=C(N)NCCCSc1nccs1.I. The highest BCUT2D eigenvalue weighted by Gasteiger charge is 1.96. The predicted octanol–water partition coefficient (Wildman–Crippen LogP) is 2.56. The number of aliphatic imine (C=N–C) groups is 1. The quantitative estimate of drug-likeness (QED) is 0.249. The topological polar surface area (TPSA) is 63.3 Å². The Morgan fingerprint density at radius 3 is 3.12 bits per heavy atom. The van der Waals surface area contributed by atoms with Crippen molar-refractivity contribution in [2.45, 2.75) is 24.1 Å². The van der Waals surface area contributed by atoms with Gasteiger partial charge in [0.1, 0.15) is 4.34 Å². The molecular formula is C10H19IN4S2. The summed E-state index contributed by atoms with van der Waals surface area (Å²) in [5.74, 6) is 1.61. The predicted molar refractivity (Wildman–Crippen MR) is 87.7 cm³/mol. The highest BCUT2D eigenvalue weighted by molar-refractivity contribution is 14.0. The van der Waals surface area contributed by atoms with Crippen molar-refractivity contribution in [1.82, 2.24) is 10.3 Å². The van der Waals surface area contributed by atoms with Crippen LogP contribution in [0.25, 0.3) is 0 Å². The Morgan fingerprint density at radius 1 is 1.65 bits per heavy atom. The first kappa shape index (κ1) is 17.0. The van der Waals surface area contributed by atoms with E-state index in [0.717, 1.165) is 36.0 Å². The summed E-state index contributed by atoms with van der Waals surface area (Å²) in [5.41, 5.74) is 5.66. The largest absolute Gasteiger partial charge is 0.370 e. The van der Waals surface area contributed by atoms with Gasteiger partial charge in [-0.1, -0.05) is 18.7 Å². The molecular weight excluding hydrogens is 367 g/mol. The molecule has 7 heteroatoms. The molecule has 0 saturated heterocycles. The number of guanidine groups is 1. The third kappa shape index (κ3) is 8.67. The molecule has 0 saturated carbocycles. The first-order valence-corrected chi connectivity index (χ1v) is 7.25. The van der Waals surface area contributed by atoms with E-state index >= 15 is 0 Å². The molecule has 0 aromatic carbocycles. The maximum atomic E-state index is 5.66. The summed E-state index contributed by atoms with van der Waals surface area (Å²) in [5, 5.41) is 5.09. The summed E-state index contributed by atoms with van der Waals surface area (Å²) in [6, 6.07) is 0. The van der Waals surface area contributed by atoms with Crippen LogP contribution in [0, 0.1) is 0 Å². The number of rotatable bonds is 7. The molecule has 0 radical (unpaired) electrons. The molecule has 0 aliphatic heterocycles. The molecule has 1 heterocycles. The Morgan fingerprint density at radius 2 is 2.47 bits per heavy atom. The van der Waals surface area contributed by atoms with Crippen LogP contribution in [-0.2, 0) is 0 Å². The standard InChI is InChI=1S/C10H18N4S2.HI/c1-2-4-12-9(11)13-5-3-7-15-10-14-6-8-16-10;/h6,8H,2-5,7H2,1H3,(H3,11,12,13);1H. The fourth-order valence-electron chi connectivity index (χ4n) is 1.02. The number of thiazole rings is 1. The molecule has 0 aliphatic carbocycles. The lowest BCUT2D eigenvalue weighted by Crippen LogP contribution is -2.32. The van der Waals surface area contributed by atoms with Crippen LogP contribution in [-0.4, -0.2) is 29.8 Å². The van der Waals surface area contributed by atoms with Crippen LogP contribution < -0.4 is 11.1 Å². The summed E-state index contributed by atoms with van der Waals surface area (Å²) < 4.78 is 1.13. The van der Waals surface area contributed by atoms with Crippen LogP contribution in [0.3, 0.4) is 0 Å². The molecule has 3 N–H and O–H groups in total. The number of nitrogens with one attached hydrogen (secondary N) is 1. The van der Waals surface area contributed by atoms with Crippen molar-refractivity contribution < 1.29 is 0 Å². The molecule has 1 aromatic heterocycles. The zero-order valence-corrected chi connectivity index (χ0v) is 13.9. The van der Waals surface area contributed by atoms with E-state index < -0.39 is 0 Å². The molecule has 0 bridgehead atoms. The van der Waals surface area contributed by atoms with E-state index in [0.29, 0.717) is 5.96 Å². The van der Waals surface area contributed by atoms with Crippen molar-refractivity contribution in [3.8, 4) is 0 Å². The summed E-state index contributed by atoms with van der Waals surface area (Å²) in [6.07, 6.45) is 3.93. The normalized spacial score (nSPS) is 11.0. The summed E-state index contributed by atoms with van der Waals surface area (Å²) in [6.45, 7) is 3.76. The van der Waals surface area contributed by atoms with Gasteiger partial charge in [-0.25, -0.2) is 4.98 Å². The molecule has 1 aromatic rings. The van der Waals surface area contributed by atoms with Gasteiger partial charge in [0.05, 0.1) is 0 Å². The average molecular weight is 386 g/mol. The van der Waals surface area contributed by atoms with E-state index in [-0.39, 0.29) is 24.0 Å². The Kier molecular flexibility index (Phi) is 11.1. The third-order valence-corrected chi connectivity index (χ3v) is 3.82. The highest BCUT2D eigenvalue weighted by Crippen LogP contribution is 2.20. The zero-order chi connectivity index (χ0) is 11.6. The zero-order valence-electron chi connectivity index (χ0n) is 9.89. The second kappa shape index (κ2) is 11.1. The monoisotopic (exact) mass is 386 g/mol. The van der Waals surface area contributed by atoms with Gasteiger partial charge in [-0.2, -0.15) is 0 Å². The number of hydrogen-bond donors (Lipinski definition) is 2. The van der Waals surface area contributed by atoms with Crippen molar-refractivity contribution in [3.63, 3.8) is 0 Å². The number of aromatic nitrogens is 1. The van der Waals surface area contributed by atoms with Gasteiger partial charge in [0.25, 0.3) is 0 Å². The van der Waals surface area contributed by atoms with Gasteiger partial charge in [0, 0.05) is 30.4 Å². The Hall–Kier alpha value is -0.0200. The van der Waals surface area contributed by atoms with Gasteiger partial charge < -0.3 is 11.1 Å². The van der Waals surface area contributed by atoms with E-state index in [4.69, 9.17) is 5.73 Å². The van der Waals surface area contributed by atoms with Crippen LogP contribution in [0.15, 0.2) is 20.9 Å². The van der Waals surface area contributed by atoms with Crippen molar-refractivity contribution in [3.05, 3.63) is 11.6 Å². The number of thioether (sulfide) groups is 1. The number of halogens is 1. The number of nitrogens with zero attached hydrogens (tertiary/aromatic N) is 2. The van der Waals surface area contributed by atoms with E-state index in [1.807, 2.05) is 11.6 Å². The maximum absolute atomic E-state index is 5.66. The minimum Gasteiger partial charge on any atom is -0.370 e. The van der Waals surface area contributed by atoms with E-state index in [2.05, 4.69) is 22.2 Å². The van der Waals surface area contributed by atoms with Crippen LogP contribution in [0.4, 0.5) is 0 Å². The van der Waals surface area contributed by atoms with Gasteiger partial charge in [-0.05, 0) is 12.8 Å². The lowest BCUT2D eigenvalue weighted by molar-refractivity contribution is 0.825. The molecule has 0 spiro atoms. The van der Waals surface area contributed by atoms with Crippen LogP contribution in [0.5, 0.6) is 0 Å². The summed E-state index contributed by atoms with van der Waals surface area (Å²) in [7, 11) is 0. The van der Waals surface area contributed by atoms with E-state index in [1.165, 1.54) is 0 Å². The Bertz CT molecular complexity index is 303. The molecule has 0 unspecified atom stereocenters. The van der Waals surface area contributed by atoms with Gasteiger partial charge in [0.15, 0.2) is 5.96 Å². The molecule has 17 heavy (non-hydrogen) atoms. The van der Waals surface area contributed by atoms with E-state index in [1.54, 1.807) is 23.1 Å². The van der Waals surface area contributed by atoms with Gasteiger partial charge >= 0.3 is 0 Å². The Balaban J connectivity index is 0.00000256. The second-order valence-corrected chi connectivity index (χ2v) is 5.43. The Labute approximate surface area is 128 Å². The third-order valence-electron chi connectivity index (χ3n) is 1.77. The minimum atomic E-state index is 0. The number of hydrogen-bond acceptors (Lipinski definition) is 4. The van der Waals surface area contributed by atoms with Gasteiger partial charge in [-0.15, -0.1) is 35.3 Å². The van der Waals surface area contributed by atoms with Crippen LogP contribution in [0.2, 0.25) is 0 Å². The molecule has 1 rings (SSSR count). The molecule has 4 nitrogen and oxygen atoms in total. The molecule has 0 aliphatic rings. The average Bonchev–Trinajstić information content (AvgIpc) is 2.79. The highest BCUT2D eigenvalue weighted by atomic mass is 127. The lowest BCUT2D eigenvalue weighted by Gasteiger charge is -2.04. The first-order valence-electron chi connectivity index (χ1n) is 5.39. The van der Waals surface area contributed by atoms with Crippen molar-refractivity contribution in [1.29, 1.82) is 0 Å². The molecule has 0 amide bonds. The lowest BCUT2D eigenvalue weighted by atomic mass is 10.5. The van der Waals surface area contributed by atoms with Crippen LogP contribution in [0.1, 0.15) is 19.8 Å². The number of nitrogens with two attached hydrogens (primary N) is 1. The van der Waals surface area contributed by atoms with Gasteiger partial charge in [0.2, 0.25) is 0 Å². The van der Waals surface area contributed by atoms with Crippen LogP contribution >= 0.6 is 47.1 Å². The molecule has 98 valence electrons. The van der Waals surface area contributed by atoms with E-state index in [9.17, 15) is 0 Å². The summed E-state index contributed by atoms with van der Waals surface area (Å²) >= 11 is 3.46.